The van der Waals surface area contributed by atoms with E-state index in [9.17, 15) is 4.79 Å². The summed E-state index contributed by atoms with van der Waals surface area (Å²) >= 11 is 0. The van der Waals surface area contributed by atoms with Crippen LogP contribution in [0.25, 0.3) is 0 Å². The lowest BCUT2D eigenvalue weighted by Crippen LogP contribution is -2.24. The molecule has 100 valence electrons. The molecule has 1 aliphatic heterocycles. The van der Waals surface area contributed by atoms with Gasteiger partial charge in [-0.25, -0.2) is 4.79 Å². The second-order valence-electron chi connectivity index (χ2n) is 5.41. The van der Waals surface area contributed by atoms with E-state index in [-0.39, 0.29) is 17.7 Å². The van der Waals surface area contributed by atoms with Gasteiger partial charge in [-0.15, -0.1) is 0 Å². The van der Waals surface area contributed by atoms with Gasteiger partial charge in [0.15, 0.2) is 0 Å². The Morgan fingerprint density at radius 2 is 2.39 bits per heavy atom. The number of hydrogen-bond acceptors (Lipinski definition) is 4. The zero-order valence-corrected chi connectivity index (χ0v) is 11.1. The minimum absolute atomic E-state index is 0.00145. The maximum absolute atomic E-state index is 11.8. The van der Waals surface area contributed by atoms with Crippen LogP contribution in [-0.4, -0.2) is 28.8 Å². The zero-order chi connectivity index (χ0) is 13.3. The number of nitrogen functional groups attached to an aromatic ring is 1. The summed E-state index contributed by atoms with van der Waals surface area (Å²) < 4.78 is 12.7. The van der Waals surface area contributed by atoms with Gasteiger partial charge in [0.2, 0.25) is 0 Å². The highest BCUT2D eigenvalue weighted by Crippen LogP contribution is 2.29. The molecule has 1 aliphatic rings. The summed E-state index contributed by atoms with van der Waals surface area (Å²) in [7, 11) is 1.77. The molecule has 0 saturated carbocycles. The maximum Gasteiger partial charge on any atom is 0.355 e. The Morgan fingerprint density at radius 1 is 1.67 bits per heavy atom. The Morgan fingerprint density at radius 3 is 2.89 bits per heavy atom. The number of aryl methyl sites for hydroxylation is 1. The standard InChI is InChI=1S/C13H20N2O3/c1-13(2)5-4-10(18-13)8-17-12(16)11-6-9(14)7-15(11)3/h6-7,10H,4-5,8,14H2,1-3H3. The van der Waals surface area contributed by atoms with Crippen molar-refractivity contribution in [1.82, 2.24) is 4.57 Å². The molecule has 0 amide bonds. The fourth-order valence-electron chi connectivity index (χ4n) is 2.23. The molecule has 18 heavy (non-hydrogen) atoms. The second-order valence-corrected chi connectivity index (χ2v) is 5.41. The highest BCUT2D eigenvalue weighted by Gasteiger charge is 2.32. The van der Waals surface area contributed by atoms with Gasteiger partial charge in [0.05, 0.1) is 17.4 Å². The average molecular weight is 252 g/mol. The van der Waals surface area contributed by atoms with Crippen LogP contribution < -0.4 is 5.73 Å². The third-order valence-corrected chi connectivity index (χ3v) is 3.19. The fourth-order valence-corrected chi connectivity index (χ4v) is 2.23. The molecule has 2 N–H and O–H groups in total. The number of nitrogens with zero attached hydrogens (tertiary/aromatic N) is 1. The molecule has 5 heteroatoms. The molecular formula is C13H20N2O3. The summed E-state index contributed by atoms with van der Waals surface area (Å²) in [6.45, 7) is 4.40. The Balaban J connectivity index is 1.88. The molecule has 5 nitrogen and oxygen atoms in total. The van der Waals surface area contributed by atoms with Gasteiger partial charge >= 0.3 is 5.97 Å². The number of rotatable bonds is 3. The van der Waals surface area contributed by atoms with Crippen LogP contribution in [-0.2, 0) is 16.5 Å². The number of esters is 1. The Labute approximate surface area is 107 Å². The minimum Gasteiger partial charge on any atom is -0.458 e. The molecule has 1 aromatic heterocycles. The summed E-state index contributed by atoms with van der Waals surface area (Å²) in [6.07, 6.45) is 3.61. The van der Waals surface area contributed by atoms with E-state index in [4.69, 9.17) is 15.2 Å². The summed E-state index contributed by atoms with van der Waals surface area (Å²) in [5, 5.41) is 0. The Bertz CT molecular complexity index is 451. The topological polar surface area (TPSA) is 66.5 Å². The van der Waals surface area contributed by atoms with Crippen LogP contribution in [0.1, 0.15) is 37.2 Å². The number of aromatic nitrogens is 1. The molecule has 1 unspecified atom stereocenters. The molecule has 0 aromatic carbocycles. The van der Waals surface area contributed by atoms with Gasteiger partial charge in [0.25, 0.3) is 0 Å². The quantitative estimate of drug-likeness (QED) is 0.832. The first-order valence-electron chi connectivity index (χ1n) is 6.14. The molecule has 0 radical (unpaired) electrons. The van der Waals surface area contributed by atoms with Crippen LogP contribution in [0.15, 0.2) is 12.3 Å². The third-order valence-electron chi connectivity index (χ3n) is 3.19. The van der Waals surface area contributed by atoms with Gasteiger partial charge in [-0.2, -0.15) is 0 Å². The first kappa shape index (κ1) is 13.0. The normalized spacial score (nSPS) is 22.1. The second kappa shape index (κ2) is 4.65. The van der Waals surface area contributed by atoms with E-state index in [1.807, 2.05) is 13.8 Å². The van der Waals surface area contributed by atoms with Crippen molar-refractivity contribution in [2.24, 2.45) is 7.05 Å². The van der Waals surface area contributed by atoms with Crippen LogP contribution in [0.4, 0.5) is 5.69 Å². The number of carbonyl (C=O) groups excluding carboxylic acids is 1. The summed E-state index contributed by atoms with van der Waals surface area (Å²) in [5.74, 6) is -0.359. The highest BCUT2D eigenvalue weighted by atomic mass is 16.6. The van der Waals surface area contributed by atoms with Gasteiger partial charge in [-0.05, 0) is 32.8 Å². The lowest BCUT2D eigenvalue weighted by atomic mass is 10.1. The van der Waals surface area contributed by atoms with Crippen molar-refractivity contribution in [2.75, 3.05) is 12.3 Å². The Hall–Kier alpha value is -1.49. The van der Waals surface area contributed by atoms with Gasteiger partial charge < -0.3 is 19.8 Å². The average Bonchev–Trinajstić information content (AvgIpc) is 2.78. The van der Waals surface area contributed by atoms with Crippen LogP contribution >= 0.6 is 0 Å². The van der Waals surface area contributed by atoms with E-state index in [0.29, 0.717) is 18.0 Å². The van der Waals surface area contributed by atoms with E-state index in [2.05, 4.69) is 0 Å². The van der Waals surface area contributed by atoms with Crippen LogP contribution in [0, 0.1) is 0 Å². The van der Waals surface area contributed by atoms with E-state index < -0.39 is 0 Å². The molecule has 0 aliphatic carbocycles. The molecule has 1 saturated heterocycles. The molecule has 2 heterocycles. The van der Waals surface area contributed by atoms with Gasteiger partial charge in [0.1, 0.15) is 12.3 Å². The van der Waals surface area contributed by atoms with E-state index in [1.165, 1.54) is 0 Å². The van der Waals surface area contributed by atoms with Crippen molar-refractivity contribution in [2.45, 2.75) is 38.4 Å². The monoisotopic (exact) mass is 252 g/mol. The number of nitrogens with two attached hydrogens (primary N) is 1. The van der Waals surface area contributed by atoms with Crippen molar-refractivity contribution in [3.63, 3.8) is 0 Å². The number of carbonyl (C=O) groups is 1. The van der Waals surface area contributed by atoms with E-state index in [0.717, 1.165) is 12.8 Å². The number of ether oxygens (including phenoxy) is 2. The SMILES string of the molecule is Cn1cc(N)cc1C(=O)OCC1CCC(C)(C)O1. The summed E-state index contributed by atoms with van der Waals surface area (Å²) in [4.78, 5) is 11.8. The molecule has 1 fully saturated rings. The predicted molar refractivity (Wildman–Crippen MR) is 68.3 cm³/mol. The lowest BCUT2D eigenvalue weighted by molar-refractivity contribution is -0.0447. The smallest absolute Gasteiger partial charge is 0.355 e. The lowest BCUT2D eigenvalue weighted by Gasteiger charge is -2.19. The highest BCUT2D eigenvalue weighted by molar-refractivity contribution is 5.89. The van der Waals surface area contributed by atoms with Gasteiger partial charge in [-0.3, -0.25) is 0 Å². The fraction of sp³-hybridized carbons (Fsp3) is 0.615. The van der Waals surface area contributed by atoms with Crippen LogP contribution in [0.3, 0.4) is 0 Å². The third kappa shape index (κ3) is 2.85. The van der Waals surface area contributed by atoms with Crippen molar-refractivity contribution in [3.05, 3.63) is 18.0 Å². The molecule has 0 bridgehead atoms. The minimum atomic E-state index is -0.359. The van der Waals surface area contributed by atoms with Crippen molar-refractivity contribution >= 4 is 11.7 Å². The largest absolute Gasteiger partial charge is 0.458 e. The molecule has 2 rings (SSSR count). The number of hydrogen-bond donors (Lipinski definition) is 1. The molecule has 1 aromatic rings. The van der Waals surface area contributed by atoms with Gasteiger partial charge in [-0.1, -0.05) is 0 Å². The molecule has 1 atom stereocenters. The van der Waals surface area contributed by atoms with Crippen molar-refractivity contribution in [3.8, 4) is 0 Å². The van der Waals surface area contributed by atoms with E-state index >= 15 is 0 Å². The molecular weight excluding hydrogens is 232 g/mol. The molecule has 0 spiro atoms. The summed E-state index contributed by atoms with van der Waals surface area (Å²) in [6, 6.07) is 1.61. The van der Waals surface area contributed by atoms with Crippen molar-refractivity contribution < 1.29 is 14.3 Å². The predicted octanol–water partition coefficient (Wildman–Crippen LogP) is 1.72. The first-order valence-corrected chi connectivity index (χ1v) is 6.14. The van der Waals surface area contributed by atoms with Crippen molar-refractivity contribution in [1.29, 1.82) is 0 Å². The first-order chi connectivity index (χ1) is 8.37. The van der Waals surface area contributed by atoms with E-state index in [1.54, 1.807) is 23.9 Å². The Kier molecular flexibility index (Phi) is 3.34. The van der Waals surface area contributed by atoms with Crippen LogP contribution in [0.5, 0.6) is 0 Å². The van der Waals surface area contributed by atoms with Gasteiger partial charge in [0, 0.05) is 13.2 Å². The zero-order valence-electron chi connectivity index (χ0n) is 11.1. The maximum atomic E-state index is 11.8. The van der Waals surface area contributed by atoms with Crippen LogP contribution in [0.2, 0.25) is 0 Å². The number of anilines is 1. The summed E-state index contributed by atoms with van der Waals surface area (Å²) in [5.41, 5.74) is 6.53.